The molecule has 5 heteroatoms. The fourth-order valence-electron chi connectivity index (χ4n) is 2.39. The molecule has 0 aliphatic heterocycles. The first-order valence-corrected chi connectivity index (χ1v) is 8.37. The van der Waals surface area contributed by atoms with Crippen LogP contribution in [0.15, 0.2) is 4.79 Å². The predicted octanol–water partition coefficient (Wildman–Crippen LogP) is 4.56. The normalized spacial score (nSPS) is 11.7. The largest absolute Gasteiger partial charge is 0.323 e. The second-order valence-electron chi connectivity index (χ2n) is 5.76. The lowest BCUT2D eigenvalue weighted by Gasteiger charge is -2.08. The van der Waals surface area contributed by atoms with Gasteiger partial charge < -0.3 is 4.98 Å². The van der Waals surface area contributed by atoms with Crippen molar-refractivity contribution in [3.05, 3.63) is 25.6 Å². The third kappa shape index (κ3) is 3.04. The average Bonchev–Trinajstić information content (AvgIpc) is 2.63. The van der Waals surface area contributed by atoms with Crippen LogP contribution in [0.3, 0.4) is 0 Å². The molecule has 0 radical (unpaired) electrons. The number of rotatable bonds is 5. The van der Waals surface area contributed by atoms with E-state index < -0.39 is 0 Å². The minimum Gasteiger partial charge on any atom is -0.323 e. The minimum atomic E-state index is 0.0650. The summed E-state index contributed by atoms with van der Waals surface area (Å²) in [4.78, 5) is 17.9. The highest BCUT2D eigenvalue weighted by Crippen LogP contribution is 2.25. The Labute approximate surface area is 128 Å². The summed E-state index contributed by atoms with van der Waals surface area (Å²) < 4.78 is 2.27. The van der Waals surface area contributed by atoms with Gasteiger partial charge in [-0.05, 0) is 44.0 Å². The Morgan fingerprint density at radius 1 is 1.30 bits per heavy atom. The number of aromatic nitrogens is 2. The van der Waals surface area contributed by atoms with Crippen LogP contribution >= 0.6 is 23.6 Å². The van der Waals surface area contributed by atoms with Crippen molar-refractivity contribution in [2.24, 2.45) is 5.92 Å². The van der Waals surface area contributed by atoms with Crippen LogP contribution in [0.25, 0.3) is 10.2 Å². The Morgan fingerprint density at radius 3 is 2.65 bits per heavy atom. The van der Waals surface area contributed by atoms with Crippen LogP contribution in [-0.4, -0.2) is 9.55 Å². The van der Waals surface area contributed by atoms with Crippen molar-refractivity contribution in [2.45, 2.75) is 53.5 Å². The molecule has 0 unspecified atom stereocenters. The molecule has 0 atom stereocenters. The van der Waals surface area contributed by atoms with Gasteiger partial charge in [0.15, 0.2) is 4.77 Å². The molecule has 0 fully saturated rings. The highest BCUT2D eigenvalue weighted by atomic mass is 32.1. The van der Waals surface area contributed by atoms with Crippen molar-refractivity contribution in [3.63, 3.8) is 0 Å². The first-order chi connectivity index (χ1) is 9.41. The second-order valence-corrected chi connectivity index (χ2v) is 7.38. The summed E-state index contributed by atoms with van der Waals surface area (Å²) in [5, 5.41) is 0.810. The number of aryl methyl sites for hydroxylation is 2. The number of hydrogen-bond acceptors (Lipinski definition) is 3. The molecule has 110 valence electrons. The molecule has 0 saturated heterocycles. The van der Waals surface area contributed by atoms with Gasteiger partial charge in [-0.3, -0.25) is 9.36 Å². The van der Waals surface area contributed by atoms with Gasteiger partial charge >= 0.3 is 0 Å². The Kier molecular flexibility index (Phi) is 4.81. The monoisotopic (exact) mass is 310 g/mol. The molecule has 2 heterocycles. The molecule has 0 amide bonds. The molecule has 0 aliphatic rings. The lowest BCUT2D eigenvalue weighted by Crippen LogP contribution is -2.22. The molecule has 2 aromatic heterocycles. The maximum absolute atomic E-state index is 12.6. The van der Waals surface area contributed by atoms with Crippen molar-refractivity contribution in [1.82, 2.24) is 9.55 Å². The maximum Gasteiger partial charge on any atom is 0.263 e. The van der Waals surface area contributed by atoms with Gasteiger partial charge in [-0.25, -0.2) is 0 Å². The van der Waals surface area contributed by atoms with Crippen LogP contribution in [-0.2, 0) is 6.54 Å². The van der Waals surface area contributed by atoms with E-state index in [1.165, 1.54) is 11.3 Å². The van der Waals surface area contributed by atoms with Crippen LogP contribution in [0.1, 0.15) is 43.6 Å². The molecule has 2 aromatic rings. The first kappa shape index (κ1) is 15.4. The summed E-state index contributed by atoms with van der Waals surface area (Å²) in [7, 11) is 0. The van der Waals surface area contributed by atoms with Gasteiger partial charge in [0, 0.05) is 11.4 Å². The Morgan fingerprint density at radius 2 is 2.00 bits per heavy atom. The smallest absolute Gasteiger partial charge is 0.263 e. The molecule has 0 saturated carbocycles. The van der Waals surface area contributed by atoms with E-state index in [1.54, 1.807) is 15.9 Å². The topological polar surface area (TPSA) is 37.8 Å². The Bertz CT molecular complexity index is 722. The third-order valence-electron chi connectivity index (χ3n) is 3.72. The summed E-state index contributed by atoms with van der Waals surface area (Å²) in [6, 6.07) is 0. The SMILES string of the molecule is Cc1sc2[nH]c(=S)n(CCCCC(C)C)c(=O)c2c1C. The van der Waals surface area contributed by atoms with E-state index >= 15 is 0 Å². The highest BCUT2D eigenvalue weighted by Gasteiger charge is 2.12. The van der Waals surface area contributed by atoms with Crippen LogP contribution in [0.5, 0.6) is 0 Å². The number of hydrogen-bond donors (Lipinski definition) is 1. The summed E-state index contributed by atoms with van der Waals surface area (Å²) in [5.41, 5.74) is 1.15. The molecule has 0 spiro atoms. The molecule has 0 aromatic carbocycles. The fraction of sp³-hybridized carbons (Fsp3) is 0.600. The zero-order chi connectivity index (χ0) is 14.9. The van der Waals surface area contributed by atoms with Gasteiger partial charge in [0.05, 0.1) is 5.39 Å². The molecule has 2 rings (SSSR count). The molecule has 0 bridgehead atoms. The number of thiophene rings is 1. The zero-order valence-corrected chi connectivity index (χ0v) is 14.2. The van der Waals surface area contributed by atoms with E-state index in [4.69, 9.17) is 12.2 Å². The lowest BCUT2D eigenvalue weighted by atomic mass is 10.1. The summed E-state index contributed by atoms with van der Waals surface area (Å²) in [6.07, 6.45) is 3.34. The maximum atomic E-state index is 12.6. The van der Waals surface area contributed by atoms with Crippen molar-refractivity contribution < 1.29 is 0 Å². The van der Waals surface area contributed by atoms with Crippen LogP contribution in [0.4, 0.5) is 0 Å². The van der Waals surface area contributed by atoms with Crippen LogP contribution < -0.4 is 5.56 Å². The fourth-order valence-corrected chi connectivity index (χ4v) is 3.78. The average molecular weight is 310 g/mol. The molecule has 3 nitrogen and oxygen atoms in total. The molecule has 1 N–H and O–H groups in total. The van der Waals surface area contributed by atoms with Gasteiger partial charge in [0.2, 0.25) is 0 Å². The van der Waals surface area contributed by atoms with Gasteiger partial charge in [-0.15, -0.1) is 11.3 Å². The van der Waals surface area contributed by atoms with Crippen LogP contribution in [0, 0.1) is 24.5 Å². The van der Waals surface area contributed by atoms with Crippen molar-refractivity contribution >= 4 is 33.8 Å². The third-order valence-corrected chi connectivity index (χ3v) is 5.17. The number of unbranched alkanes of at least 4 members (excludes halogenated alkanes) is 1. The standard InChI is InChI=1S/C15H22N2OS2/c1-9(2)7-5-6-8-17-14(18)12-10(3)11(4)20-13(12)16-15(17)19/h9H,5-8H2,1-4H3,(H,16,19). The van der Waals surface area contributed by atoms with Crippen molar-refractivity contribution in [2.75, 3.05) is 0 Å². The van der Waals surface area contributed by atoms with Gasteiger partial charge in [-0.2, -0.15) is 0 Å². The second kappa shape index (κ2) is 6.22. The molecule has 0 aliphatic carbocycles. The van der Waals surface area contributed by atoms with E-state index in [0.717, 1.165) is 28.6 Å². The zero-order valence-electron chi connectivity index (χ0n) is 12.6. The van der Waals surface area contributed by atoms with Crippen molar-refractivity contribution in [3.8, 4) is 0 Å². The van der Waals surface area contributed by atoms with E-state index in [1.807, 2.05) is 13.8 Å². The quantitative estimate of drug-likeness (QED) is 0.649. The molecular formula is C15H22N2OS2. The number of nitrogens with zero attached hydrogens (tertiary/aromatic N) is 1. The number of H-pyrrole nitrogens is 1. The number of fused-ring (bicyclic) bond motifs is 1. The molecule has 20 heavy (non-hydrogen) atoms. The van der Waals surface area contributed by atoms with E-state index in [9.17, 15) is 4.79 Å². The molecular weight excluding hydrogens is 288 g/mol. The Hall–Kier alpha value is -0.940. The van der Waals surface area contributed by atoms with E-state index in [2.05, 4.69) is 18.8 Å². The van der Waals surface area contributed by atoms with Crippen LogP contribution in [0.2, 0.25) is 0 Å². The van der Waals surface area contributed by atoms with Crippen molar-refractivity contribution in [1.29, 1.82) is 0 Å². The highest BCUT2D eigenvalue weighted by molar-refractivity contribution is 7.71. The summed E-state index contributed by atoms with van der Waals surface area (Å²) in [5.74, 6) is 0.713. The predicted molar refractivity (Wildman–Crippen MR) is 89.4 cm³/mol. The minimum absolute atomic E-state index is 0.0650. The van der Waals surface area contributed by atoms with E-state index in [0.29, 0.717) is 17.2 Å². The first-order valence-electron chi connectivity index (χ1n) is 7.14. The summed E-state index contributed by atoms with van der Waals surface area (Å²) >= 11 is 6.95. The number of aromatic amines is 1. The van der Waals surface area contributed by atoms with Gasteiger partial charge in [0.1, 0.15) is 4.83 Å². The lowest BCUT2D eigenvalue weighted by molar-refractivity contribution is 0.501. The Balaban J connectivity index is 2.32. The van der Waals surface area contributed by atoms with Gasteiger partial charge in [-0.1, -0.05) is 26.7 Å². The number of nitrogens with one attached hydrogen (secondary N) is 1. The van der Waals surface area contributed by atoms with Gasteiger partial charge in [0.25, 0.3) is 5.56 Å². The summed E-state index contributed by atoms with van der Waals surface area (Å²) in [6.45, 7) is 9.22. The van der Waals surface area contributed by atoms with E-state index in [-0.39, 0.29) is 5.56 Å².